The van der Waals surface area contributed by atoms with Gasteiger partial charge in [0.2, 0.25) is 0 Å². The number of phenols is 1. The smallest absolute Gasteiger partial charge is 0.148 e. The Morgan fingerprint density at radius 3 is 1.77 bits per heavy atom. The van der Waals surface area contributed by atoms with Crippen LogP contribution in [0.1, 0.15) is 95.7 Å². The summed E-state index contributed by atoms with van der Waals surface area (Å²) in [6, 6.07) is 43.0. The normalized spacial score (nSPS) is 12.3. The average Bonchev–Trinajstić information content (AvgIpc) is 3.55. The predicted molar refractivity (Wildman–Crippen MR) is 249 cm³/mol. The molecule has 0 spiro atoms. The molecule has 0 fully saturated rings. The van der Waals surface area contributed by atoms with E-state index < -0.39 is 0 Å². The maximum atomic E-state index is 11.7. The van der Waals surface area contributed by atoms with Crippen molar-refractivity contribution in [3.8, 4) is 56.2 Å². The standard InChI is InChI=1S/C55H56N3O.Pt/c1-33-25-37(27-38(26-33)45-32-42(55(10,11)12)28-36-17-14-24-56-50(36)45)44-29-39(49-34(2)15-13-16-35(49)3)30-47-51(44)57-52(46-31-41(54(7,8)9)20-23-48(46)59)58(47)43-21-18-40(19-22-43)53(4,5)6;/h13-26,28-32,59H,1-12H3;/q-1;. The Morgan fingerprint density at radius 1 is 0.567 bits per heavy atom. The van der Waals surface area contributed by atoms with Gasteiger partial charge in [-0.2, -0.15) is 0 Å². The second-order valence-corrected chi connectivity index (χ2v) is 19.5. The Hall–Kier alpha value is -5.31. The fourth-order valence-corrected chi connectivity index (χ4v) is 8.37. The van der Waals surface area contributed by atoms with Crippen molar-refractivity contribution in [1.29, 1.82) is 0 Å². The first kappa shape index (κ1) is 42.8. The first-order valence-corrected chi connectivity index (χ1v) is 20.8. The zero-order chi connectivity index (χ0) is 42.2. The van der Waals surface area contributed by atoms with E-state index in [-0.39, 0.29) is 43.1 Å². The summed E-state index contributed by atoms with van der Waals surface area (Å²) < 4.78 is 2.24. The van der Waals surface area contributed by atoms with Crippen LogP contribution < -0.4 is 0 Å². The fraction of sp³-hybridized carbons (Fsp3) is 0.273. The van der Waals surface area contributed by atoms with Crippen molar-refractivity contribution in [2.45, 2.75) is 99.3 Å². The van der Waals surface area contributed by atoms with E-state index in [0.717, 1.165) is 66.6 Å². The molecule has 0 atom stereocenters. The van der Waals surface area contributed by atoms with E-state index in [9.17, 15) is 5.11 Å². The molecule has 8 aromatic rings. The molecule has 0 radical (unpaired) electrons. The zero-order valence-electron chi connectivity index (χ0n) is 37.1. The molecule has 0 bridgehead atoms. The molecule has 2 aromatic heterocycles. The Labute approximate surface area is 371 Å². The molecule has 8 rings (SSSR count). The molecule has 0 aliphatic rings. The SMILES string of the molecule is Cc1cc(-c2cc(C(C)(C)C)cc3cccnc23)[c-]c(-c2cc(-c3c(C)cccc3C)cc3c2nc(-c2cc(C(C)(C)C)ccc2O)n3-c2ccc(C(C)(C)C)cc2)c1.[Pt]. The molecule has 4 nitrogen and oxygen atoms in total. The average molecular weight is 970 g/mol. The van der Waals surface area contributed by atoms with Gasteiger partial charge in [-0.3, -0.25) is 9.55 Å². The van der Waals surface area contributed by atoms with Crippen LogP contribution in [0.3, 0.4) is 0 Å². The van der Waals surface area contributed by atoms with Crippen LogP contribution in [0.15, 0.2) is 115 Å². The number of fused-ring (bicyclic) bond motifs is 2. The molecule has 0 aliphatic heterocycles. The second-order valence-electron chi connectivity index (χ2n) is 19.5. The molecule has 308 valence electrons. The van der Waals surface area contributed by atoms with E-state index in [4.69, 9.17) is 9.97 Å². The minimum atomic E-state index is -0.134. The second kappa shape index (κ2) is 15.6. The zero-order valence-corrected chi connectivity index (χ0v) is 39.3. The van der Waals surface area contributed by atoms with E-state index in [0.29, 0.717) is 11.4 Å². The van der Waals surface area contributed by atoms with E-state index in [1.54, 1.807) is 0 Å². The minimum absolute atomic E-state index is 0. The van der Waals surface area contributed by atoms with E-state index in [1.807, 2.05) is 24.4 Å². The number of benzene rings is 6. The summed E-state index contributed by atoms with van der Waals surface area (Å²) in [6.45, 7) is 26.6. The van der Waals surface area contributed by atoms with Crippen LogP contribution >= 0.6 is 0 Å². The third kappa shape index (κ3) is 8.00. The van der Waals surface area contributed by atoms with E-state index >= 15 is 0 Å². The van der Waals surface area contributed by atoms with Crippen LogP contribution in [0.4, 0.5) is 0 Å². The molecule has 2 heterocycles. The van der Waals surface area contributed by atoms with Gasteiger partial charge in [-0.15, -0.1) is 34.9 Å². The number of nitrogens with zero attached hydrogens (tertiary/aromatic N) is 3. The number of hydrogen-bond donors (Lipinski definition) is 1. The van der Waals surface area contributed by atoms with Crippen LogP contribution in [-0.2, 0) is 37.3 Å². The number of imidazole rings is 1. The van der Waals surface area contributed by atoms with Gasteiger partial charge >= 0.3 is 0 Å². The number of hydrogen-bond acceptors (Lipinski definition) is 3. The van der Waals surface area contributed by atoms with Crippen molar-refractivity contribution in [2.24, 2.45) is 0 Å². The van der Waals surface area contributed by atoms with Gasteiger partial charge in [0.15, 0.2) is 0 Å². The molecule has 6 aromatic carbocycles. The summed E-state index contributed by atoms with van der Waals surface area (Å²) in [5, 5.41) is 12.8. The first-order chi connectivity index (χ1) is 27.8. The topological polar surface area (TPSA) is 50.9 Å². The van der Waals surface area contributed by atoms with Crippen LogP contribution in [0.2, 0.25) is 0 Å². The predicted octanol–water partition coefficient (Wildman–Crippen LogP) is 14.6. The Kier molecular flexibility index (Phi) is 11.1. The summed E-state index contributed by atoms with van der Waals surface area (Å²) in [7, 11) is 0. The maximum Gasteiger partial charge on any atom is 0.148 e. The van der Waals surface area contributed by atoms with Gasteiger partial charge < -0.3 is 5.11 Å². The van der Waals surface area contributed by atoms with Crippen LogP contribution in [0.5, 0.6) is 5.75 Å². The maximum absolute atomic E-state index is 11.7. The Bertz CT molecular complexity index is 2890. The van der Waals surface area contributed by atoms with Crippen LogP contribution in [0.25, 0.3) is 72.4 Å². The Balaban J connectivity index is 0.00000544. The van der Waals surface area contributed by atoms with Gasteiger partial charge in [0.25, 0.3) is 0 Å². The van der Waals surface area contributed by atoms with Gasteiger partial charge in [0.05, 0.1) is 16.6 Å². The number of rotatable bonds is 5. The van der Waals surface area contributed by atoms with E-state index in [1.165, 1.54) is 27.8 Å². The Morgan fingerprint density at radius 2 is 1.15 bits per heavy atom. The van der Waals surface area contributed by atoms with Crippen molar-refractivity contribution in [3.63, 3.8) is 0 Å². The van der Waals surface area contributed by atoms with Crippen molar-refractivity contribution in [3.05, 3.63) is 155 Å². The van der Waals surface area contributed by atoms with Gasteiger partial charge in [0, 0.05) is 38.5 Å². The molecule has 0 unspecified atom stereocenters. The van der Waals surface area contributed by atoms with Gasteiger partial charge in [-0.05, 0) is 111 Å². The third-order valence-electron chi connectivity index (χ3n) is 11.8. The van der Waals surface area contributed by atoms with Gasteiger partial charge in [-0.25, -0.2) is 4.98 Å². The largest absolute Gasteiger partial charge is 0.507 e. The van der Waals surface area contributed by atoms with Crippen molar-refractivity contribution in [2.75, 3.05) is 0 Å². The molecule has 1 N–H and O–H groups in total. The quantitative estimate of drug-likeness (QED) is 0.175. The van der Waals surface area contributed by atoms with Crippen molar-refractivity contribution in [1.82, 2.24) is 14.5 Å². The molecular weight excluding hydrogens is 914 g/mol. The van der Waals surface area contributed by atoms with Crippen LogP contribution in [-0.4, -0.2) is 19.6 Å². The monoisotopic (exact) mass is 969 g/mol. The summed E-state index contributed by atoms with van der Waals surface area (Å²) in [5.41, 5.74) is 17.7. The summed E-state index contributed by atoms with van der Waals surface area (Å²) in [6.07, 6.45) is 1.88. The number of aromatic hydroxyl groups is 1. The molecule has 0 amide bonds. The number of pyridine rings is 1. The van der Waals surface area contributed by atoms with Crippen LogP contribution in [0, 0.1) is 26.8 Å². The third-order valence-corrected chi connectivity index (χ3v) is 11.8. The van der Waals surface area contributed by atoms with Gasteiger partial charge in [-0.1, -0.05) is 141 Å². The molecule has 0 saturated carbocycles. The van der Waals surface area contributed by atoms with Crippen molar-refractivity contribution < 1.29 is 26.2 Å². The fourth-order valence-electron chi connectivity index (χ4n) is 8.37. The number of aryl methyl sites for hydroxylation is 3. The number of aromatic nitrogens is 3. The number of phenolic OH excluding ortho intramolecular Hbond substituents is 1. The summed E-state index contributed by atoms with van der Waals surface area (Å²) in [4.78, 5) is 10.5. The molecule has 0 saturated heterocycles. The molecule has 60 heavy (non-hydrogen) atoms. The summed E-state index contributed by atoms with van der Waals surface area (Å²) in [5.74, 6) is 0.882. The van der Waals surface area contributed by atoms with Crippen molar-refractivity contribution >= 4 is 21.9 Å². The molecule has 5 heteroatoms. The minimum Gasteiger partial charge on any atom is -0.507 e. The first-order valence-electron chi connectivity index (χ1n) is 20.8. The molecule has 0 aliphatic carbocycles. The summed E-state index contributed by atoms with van der Waals surface area (Å²) >= 11 is 0. The molecular formula is C55H56N3OPt-. The van der Waals surface area contributed by atoms with Gasteiger partial charge in [0.1, 0.15) is 11.6 Å². The van der Waals surface area contributed by atoms with E-state index in [2.05, 4.69) is 185 Å².